The molecule has 0 bridgehead atoms. The summed E-state index contributed by atoms with van der Waals surface area (Å²) < 4.78 is 17.8. The molecule has 4 aromatic rings. The van der Waals surface area contributed by atoms with Crippen LogP contribution in [0.4, 0.5) is 9.18 Å². The van der Waals surface area contributed by atoms with Crippen molar-refractivity contribution in [2.45, 2.75) is 32.9 Å². The van der Waals surface area contributed by atoms with Gasteiger partial charge in [-0.2, -0.15) is 0 Å². The van der Waals surface area contributed by atoms with E-state index in [9.17, 15) is 14.0 Å². The smallest absolute Gasteiger partial charge is 0.328 e. The Balaban J connectivity index is 1.55. The molecule has 7 nitrogen and oxygen atoms in total. The van der Waals surface area contributed by atoms with Crippen LogP contribution in [-0.2, 0) is 13.0 Å². The Morgan fingerprint density at radius 1 is 1.29 bits per heavy atom. The largest absolute Gasteiger partial charge is 0.361 e. The molecule has 0 saturated heterocycles. The molecule has 1 N–H and O–H groups in total. The molecule has 1 aromatic carbocycles. The van der Waals surface area contributed by atoms with Gasteiger partial charge in [-0.1, -0.05) is 11.6 Å². The third-order valence-electron chi connectivity index (χ3n) is 5.75. The second-order valence-corrected chi connectivity index (χ2v) is 8.28. The summed E-state index contributed by atoms with van der Waals surface area (Å²) in [6, 6.07) is 4.27. The van der Waals surface area contributed by atoms with Crippen LogP contribution in [-0.4, -0.2) is 36.1 Å². The highest BCUT2D eigenvalue weighted by atomic mass is 35.5. The zero-order valence-corrected chi connectivity index (χ0v) is 17.7. The van der Waals surface area contributed by atoms with Crippen LogP contribution in [0.5, 0.6) is 0 Å². The molecule has 1 aliphatic heterocycles. The van der Waals surface area contributed by atoms with Crippen LogP contribution in [0.25, 0.3) is 16.6 Å². The Bertz CT molecular complexity index is 1400. The molecule has 3 aromatic heterocycles. The number of aromatic amines is 1. The number of benzene rings is 1. The number of imidazole rings is 1. The zero-order valence-electron chi connectivity index (χ0n) is 16.9. The highest BCUT2D eigenvalue weighted by molar-refractivity contribution is 6.31. The first kappa shape index (κ1) is 19.6. The van der Waals surface area contributed by atoms with Gasteiger partial charge in [0.1, 0.15) is 5.69 Å². The summed E-state index contributed by atoms with van der Waals surface area (Å²) in [6.07, 6.45) is 7.04. The molecule has 4 heterocycles. The highest BCUT2D eigenvalue weighted by Crippen LogP contribution is 2.29. The average Bonchev–Trinajstić information content (AvgIpc) is 3.34. The molecule has 0 aliphatic carbocycles. The van der Waals surface area contributed by atoms with Crippen molar-refractivity contribution >= 4 is 28.5 Å². The summed E-state index contributed by atoms with van der Waals surface area (Å²) in [6.45, 7) is 3.95. The molecule has 0 unspecified atom stereocenters. The molecular formula is C22H19ClFN5O2. The lowest BCUT2D eigenvalue weighted by Gasteiger charge is -2.35. The average molecular weight is 440 g/mol. The van der Waals surface area contributed by atoms with E-state index in [0.29, 0.717) is 34.3 Å². The lowest BCUT2D eigenvalue weighted by Crippen LogP contribution is -2.47. The predicted octanol–water partition coefficient (Wildman–Crippen LogP) is 4.03. The van der Waals surface area contributed by atoms with Crippen molar-refractivity contribution in [2.24, 2.45) is 0 Å². The second-order valence-electron chi connectivity index (χ2n) is 7.87. The van der Waals surface area contributed by atoms with Gasteiger partial charge in [-0.25, -0.2) is 14.2 Å². The fraction of sp³-hybridized carbons (Fsp3) is 0.227. The van der Waals surface area contributed by atoms with Gasteiger partial charge in [-0.05, 0) is 31.5 Å². The minimum absolute atomic E-state index is 0.0364. The van der Waals surface area contributed by atoms with Gasteiger partial charge in [0.15, 0.2) is 5.82 Å². The number of carbonyl (C=O) groups excluding carboxylic acids is 1. The first-order valence-electron chi connectivity index (χ1n) is 9.85. The number of nitrogens with one attached hydrogen (secondary N) is 1. The lowest BCUT2D eigenvalue weighted by atomic mass is 10.1. The molecule has 1 atom stereocenters. The molecule has 1 amide bonds. The van der Waals surface area contributed by atoms with Crippen molar-refractivity contribution in [1.29, 1.82) is 0 Å². The minimum atomic E-state index is -0.505. The van der Waals surface area contributed by atoms with E-state index in [1.807, 2.05) is 13.8 Å². The van der Waals surface area contributed by atoms with Crippen LogP contribution in [0, 0.1) is 12.7 Å². The molecule has 0 saturated carbocycles. The number of aromatic nitrogens is 4. The number of H-pyrrole nitrogens is 1. The number of fused-ring (bicyclic) bond motifs is 2. The summed E-state index contributed by atoms with van der Waals surface area (Å²) in [5.74, 6) is -0.505. The number of pyridine rings is 1. The summed E-state index contributed by atoms with van der Waals surface area (Å²) >= 11 is 5.97. The maximum atomic E-state index is 14.7. The van der Waals surface area contributed by atoms with Crippen LogP contribution in [0.15, 0.2) is 47.9 Å². The van der Waals surface area contributed by atoms with Crippen molar-refractivity contribution in [3.8, 4) is 5.69 Å². The summed E-state index contributed by atoms with van der Waals surface area (Å²) in [4.78, 5) is 34.9. The molecule has 0 fully saturated rings. The van der Waals surface area contributed by atoms with Gasteiger partial charge in [0.25, 0.3) is 0 Å². The van der Waals surface area contributed by atoms with E-state index in [0.717, 1.165) is 5.69 Å². The molecule has 9 heteroatoms. The van der Waals surface area contributed by atoms with Gasteiger partial charge in [0.2, 0.25) is 5.43 Å². The van der Waals surface area contributed by atoms with E-state index in [2.05, 4.69) is 9.97 Å². The van der Waals surface area contributed by atoms with Crippen LogP contribution in [0.3, 0.4) is 0 Å². The van der Waals surface area contributed by atoms with Crippen molar-refractivity contribution in [1.82, 2.24) is 24.0 Å². The molecule has 31 heavy (non-hydrogen) atoms. The SMILES string of the molecule is Cc1cn(-c2cn3c(cc2=O)C[C@@H](C)N(Cc2c[nH]c4ccc(Cl)c(F)c24)C3=O)cn1. The van der Waals surface area contributed by atoms with Crippen LogP contribution >= 0.6 is 11.6 Å². The highest BCUT2D eigenvalue weighted by Gasteiger charge is 2.31. The van der Waals surface area contributed by atoms with Gasteiger partial charge >= 0.3 is 6.03 Å². The molecule has 0 radical (unpaired) electrons. The quantitative estimate of drug-likeness (QED) is 0.523. The summed E-state index contributed by atoms with van der Waals surface area (Å²) in [5, 5.41) is 0.419. The van der Waals surface area contributed by atoms with Crippen LogP contribution < -0.4 is 5.43 Å². The van der Waals surface area contributed by atoms with Crippen LogP contribution in [0.1, 0.15) is 23.9 Å². The van der Waals surface area contributed by atoms with E-state index >= 15 is 0 Å². The van der Waals surface area contributed by atoms with Gasteiger partial charge in [0, 0.05) is 60.3 Å². The van der Waals surface area contributed by atoms with Gasteiger partial charge < -0.3 is 14.5 Å². The van der Waals surface area contributed by atoms with E-state index in [1.54, 1.807) is 40.5 Å². The Hall–Kier alpha value is -3.39. The van der Waals surface area contributed by atoms with Gasteiger partial charge in [0.05, 0.1) is 17.0 Å². The van der Waals surface area contributed by atoms with E-state index in [1.165, 1.54) is 16.7 Å². The zero-order chi connectivity index (χ0) is 21.9. The number of aryl methyl sites for hydroxylation is 1. The molecule has 1 aliphatic rings. The van der Waals surface area contributed by atoms with Crippen molar-refractivity contribution in [2.75, 3.05) is 0 Å². The van der Waals surface area contributed by atoms with Crippen molar-refractivity contribution in [3.05, 3.63) is 81.1 Å². The number of rotatable bonds is 3. The summed E-state index contributed by atoms with van der Waals surface area (Å²) in [5.41, 5.74) is 2.85. The Labute approximate surface area is 181 Å². The maximum Gasteiger partial charge on any atom is 0.328 e. The Morgan fingerprint density at radius 3 is 2.84 bits per heavy atom. The second kappa shape index (κ2) is 7.09. The normalized spacial score (nSPS) is 16.2. The number of amides is 1. The standard InChI is InChI=1S/C22H19ClFN5O2/c1-12-8-27(11-26-12)18-10-29-15(6-19(18)30)5-13(2)28(22(29)31)9-14-7-25-17-4-3-16(23)21(24)20(14)17/h3-4,6-8,10-11,13,25H,5,9H2,1-2H3/t13-/m1/s1. The molecular weight excluding hydrogens is 421 g/mol. The number of nitrogens with zero attached hydrogens (tertiary/aromatic N) is 4. The number of carbonyl (C=O) groups is 1. The van der Waals surface area contributed by atoms with Crippen LogP contribution in [0.2, 0.25) is 5.02 Å². The molecule has 158 valence electrons. The Kier molecular flexibility index (Phi) is 4.48. The first-order chi connectivity index (χ1) is 14.8. The predicted molar refractivity (Wildman–Crippen MR) is 115 cm³/mol. The van der Waals surface area contributed by atoms with E-state index in [-0.39, 0.29) is 29.1 Å². The third kappa shape index (κ3) is 3.14. The lowest BCUT2D eigenvalue weighted by molar-refractivity contribution is 0.164. The van der Waals surface area contributed by atoms with Crippen molar-refractivity contribution in [3.63, 3.8) is 0 Å². The van der Waals surface area contributed by atoms with E-state index in [4.69, 9.17) is 11.6 Å². The molecule has 5 rings (SSSR count). The van der Waals surface area contributed by atoms with Crippen molar-refractivity contribution < 1.29 is 9.18 Å². The fourth-order valence-corrected chi connectivity index (χ4v) is 4.30. The summed E-state index contributed by atoms with van der Waals surface area (Å²) in [7, 11) is 0. The van der Waals surface area contributed by atoms with E-state index < -0.39 is 5.82 Å². The first-order valence-corrected chi connectivity index (χ1v) is 10.2. The third-order valence-corrected chi connectivity index (χ3v) is 6.04. The molecule has 0 spiro atoms. The number of hydrogen-bond acceptors (Lipinski definition) is 3. The Morgan fingerprint density at radius 2 is 2.10 bits per heavy atom. The monoisotopic (exact) mass is 439 g/mol. The number of hydrogen-bond donors (Lipinski definition) is 1. The van der Waals surface area contributed by atoms with Gasteiger partial charge in [-0.15, -0.1) is 0 Å². The number of halogens is 2. The topological polar surface area (TPSA) is 75.9 Å². The maximum absolute atomic E-state index is 14.7. The fourth-order valence-electron chi connectivity index (χ4n) is 4.14. The van der Waals surface area contributed by atoms with Gasteiger partial charge in [-0.3, -0.25) is 9.36 Å². The minimum Gasteiger partial charge on any atom is -0.361 e.